The van der Waals surface area contributed by atoms with Crippen molar-refractivity contribution in [1.29, 1.82) is 0 Å². The van der Waals surface area contributed by atoms with Gasteiger partial charge in [0.1, 0.15) is 0 Å². The second-order valence-electron chi connectivity index (χ2n) is 2.60. The molecule has 80 valence electrons. The number of alkyl halides is 3. The van der Waals surface area contributed by atoms with Crippen LogP contribution in [0.15, 0.2) is 16.8 Å². The molecule has 0 amide bonds. The Morgan fingerprint density at radius 3 is 2.79 bits per heavy atom. The Morgan fingerprint density at radius 2 is 2.21 bits per heavy atom. The summed E-state index contributed by atoms with van der Waals surface area (Å²) in [5.74, 6) is 0. The van der Waals surface area contributed by atoms with Crippen LogP contribution in [0.1, 0.15) is 5.56 Å². The van der Waals surface area contributed by atoms with Gasteiger partial charge in [0.2, 0.25) is 0 Å². The summed E-state index contributed by atoms with van der Waals surface area (Å²) < 4.78 is 38.1. The Kier molecular flexibility index (Phi) is 4.37. The van der Waals surface area contributed by atoms with E-state index in [-0.39, 0.29) is 13.2 Å². The average Bonchev–Trinajstić information content (AvgIpc) is 2.54. The molecule has 0 fully saturated rings. The Hall–Kier alpha value is -0.590. The highest BCUT2D eigenvalue weighted by Crippen LogP contribution is 2.15. The van der Waals surface area contributed by atoms with Crippen LogP contribution in [0.25, 0.3) is 0 Å². The first-order chi connectivity index (χ1) is 6.58. The second kappa shape index (κ2) is 5.33. The summed E-state index contributed by atoms with van der Waals surface area (Å²) in [6, 6.07) is 1.92. The topological polar surface area (TPSA) is 21.3 Å². The molecular weight excluding hydrogens is 215 g/mol. The maximum absolute atomic E-state index is 11.5. The molecule has 0 atom stereocenters. The van der Waals surface area contributed by atoms with Crippen LogP contribution < -0.4 is 5.32 Å². The molecule has 6 heteroatoms. The minimum atomic E-state index is -4.52. The van der Waals surface area contributed by atoms with Crippen LogP contribution >= 0.6 is 11.3 Å². The lowest BCUT2D eigenvalue weighted by molar-refractivity contribution is -0.323. The van der Waals surface area contributed by atoms with Crippen LogP contribution in [-0.4, -0.2) is 19.5 Å². The monoisotopic (exact) mass is 225 g/mol. The van der Waals surface area contributed by atoms with E-state index in [9.17, 15) is 13.2 Å². The Bertz CT molecular complexity index is 248. The van der Waals surface area contributed by atoms with Gasteiger partial charge in [0.25, 0.3) is 0 Å². The molecule has 1 heterocycles. The van der Waals surface area contributed by atoms with Crippen LogP contribution in [0.3, 0.4) is 0 Å². The summed E-state index contributed by atoms with van der Waals surface area (Å²) in [6.45, 7) is 0.410. The van der Waals surface area contributed by atoms with E-state index in [2.05, 4.69) is 10.1 Å². The normalized spacial score (nSPS) is 11.9. The predicted molar refractivity (Wildman–Crippen MR) is 48.0 cm³/mol. The van der Waals surface area contributed by atoms with Crippen molar-refractivity contribution in [2.24, 2.45) is 0 Å². The molecular formula is C8H10F3NOS. The van der Waals surface area contributed by atoms with Crippen molar-refractivity contribution in [3.8, 4) is 0 Å². The molecule has 0 unspecified atom stereocenters. The summed E-state index contributed by atoms with van der Waals surface area (Å²) in [5, 5.41) is 6.70. The fraction of sp³-hybridized carbons (Fsp3) is 0.500. The highest BCUT2D eigenvalue weighted by molar-refractivity contribution is 7.07. The Balaban J connectivity index is 2.00. The van der Waals surface area contributed by atoms with Gasteiger partial charge in [-0.1, -0.05) is 0 Å². The lowest BCUT2D eigenvalue weighted by atomic mass is 10.3. The lowest BCUT2D eigenvalue weighted by Crippen LogP contribution is -2.23. The van der Waals surface area contributed by atoms with Crippen molar-refractivity contribution < 1.29 is 17.9 Å². The molecule has 0 spiro atoms. The standard InChI is InChI=1S/C8H10F3NOS/c9-8(10,11)13-3-2-12-5-7-1-4-14-6-7/h1,4,6,12H,2-3,5H2. The molecule has 0 aliphatic carbocycles. The number of hydrogen-bond acceptors (Lipinski definition) is 3. The quantitative estimate of drug-likeness (QED) is 0.777. The zero-order chi connectivity index (χ0) is 10.4. The lowest BCUT2D eigenvalue weighted by Gasteiger charge is -2.07. The minimum absolute atomic E-state index is 0.190. The summed E-state index contributed by atoms with van der Waals surface area (Å²) >= 11 is 1.56. The van der Waals surface area contributed by atoms with E-state index in [0.717, 1.165) is 5.56 Å². The van der Waals surface area contributed by atoms with E-state index >= 15 is 0 Å². The predicted octanol–water partition coefficient (Wildman–Crippen LogP) is 2.37. The van der Waals surface area contributed by atoms with Crippen LogP contribution in [0.4, 0.5) is 13.2 Å². The highest BCUT2D eigenvalue weighted by atomic mass is 32.1. The fourth-order valence-electron chi connectivity index (χ4n) is 0.865. The molecule has 0 aliphatic heterocycles. The molecule has 0 aromatic carbocycles. The smallest absolute Gasteiger partial charge is 0.310 e. The van der Waals surface area contributed by atoms with Gasteiger partial charge in [-0.15, -0.1) is 13.2 Å². The molecule has 0 saturated carbocycles. The van der Waals surface area contributed by atoms with Crippen LogP contribution in [0.2, 0.25) is 0 Å². The first kappa shape index (κ1) is 11.5. The van der Waals surface area contributed by atoms with Gasteiger partial charge in [0.05, 0.1) is 6.61 Å². The van der Waals surface area contributed by atoms with E-state index in [1.807, 2.05) is 16.8 Å². The third kappa shape index (κ3) is 5.21. The van der Waals surface area contributed by atoms with Gasteiger partial charge in [-0.2, -0.15) is 11.3 Å². The van der Waals surface area contributed by atoms with Gasteiger partial charge in [0, 0.05) is 13.1 Å². The van der Waals surface area contributed by atoms with Crippen molar-refractivity contribution in [1.82, 2.24) is 5.32 Å². The maximum atomic E-state index is 11.5. The first-order valence-electron chi connectivity index (χ1n) is 4.00. The molecule has 2 nitrogen and oxygen atoms in total. The van der Waals surface area contributed by atoms with Crippen molar-refractivity contribution in [2.45, 2.75) is 12.9 Å². The Morgan fingerprint density at radius 1 is 1.43 bits per heavy atom. The molecule has 0 aliphatic rings. The SMILES string of the molecule is FC(F)(F)OCCNCc1ccsc1. The van der Waals surface area contributed by atoms with Gasteiger partial charge in [-0.25, -0.2) is 0 Å². The molecule has 1 rings (SSSR count). The van der Waals surface area contributed by atoms with Gasteiger partial charge in [0.15, 0.2) is 0 Å². The fourth-order valence-corrected chi connectivity index (χ4v) is 1.53. The summed E-state index contributed by atoms with van der Waals surface area (Å²) in [6.07, 6.45) is -4.52. The molecule has 1 aromatic rings. The number of thiophene rings is 1. The van der Waals surface area contributed by atoms with Crippen molar-refractivity contribution in [2.75, 3.05) is 13.2 Å². The molecule has 0 saturated heterocycles. The van der Waals surface area contributed by atoms with Crippen LogP contribution in [0, 0.1) is 0 Å². The van der Waals surface area contributed by atoms with E-state index in [0.29, 0.717) is 6.54 Å². The third-order valence-corrected chi connectivity index (χ3v) is 2.19. The molecule has 14 heavy (non-hydrogen) atoms. The molecule has 0 bridgehead atoms. The van der Waals surface area contributed by atoms with Crippen molar-refractivity contribution in [3.05, 3.63) is 22.4 Å². The van der Waals surface area contributed by atoms with Gasteiger partial charge in [-0.3, -0.25) is 4.74 Å². The number of hydrogen-bond donors (Lipinski definition) is 1. The van der Waals surface area contributed by atoms with E-state index in [4.69, 9.17) is 0 Å². The number of ether oxygens (including phenoxy) is 1. The van der Waals surface area contributed by atoms with Gasteiger partial charge >= 0.3 is 6.36 Å². The zero-order valence-electron chi connectivity index (χ0n) is 7.30. The highest BCUT2D eigenvalue weighted by Gasteiger charge is 2.28. The number of halogens is 3. The molecule has 1 aromatic heterocycles. The van der Waals surface area contributed by atoms with Crippen LogP contribution in [-0.2, 0) is 11.3 Å². The molecule has 0 radical (unpaired) electrons. The van der Waals surface area contributed by atoms with Crippen molar-refractivity contribution in [3.63, 3.8) is 0 Å². The van der Waals surface area contributed by atoms with Crippen LogP contribution in [0.5, 0.6) is 0 Å². The zero-order valence-corrected chi connectivity index (χ0v) is 8.12. The minimum Gasteiger partial charge on any atom is -0.310 e. The van der Waals surface area contributed by atoms with Crippen molar-refractivity contribution >= 4 is 11.3 Å². The number of rotatable bonds is 5. The second-order valence-corrected chi connectivity index (χ2v) is 3.38. The summed E-state index contributed by atoms with van der Waals surface area (Å²) in [4.78, 5) is 0. The molecule has 1 N–H and O–H groups in total. The third-order valence-electron chi connectivity index (χ3n) is 1.45. The van der Waals surface area contributed by atoms with E-state index in [1.54, 1.807) is 11.3 Å². The Labute approximate surface area is 83.7 Å². The summed E-state index contributed by atoms with van der Waals surface area (Å²) in [5.41, 5.74) is 1.07. The van der Waals surface area contributed by atoms with Gasteiger partial charge in [-0.05, 0) is 22.4 Å². The first-order valence-corrected chi connectivity index (χ1v) is 4.95. The van der Waals surface area contributed by atoms with E-state index < -0.39 is 6.36 Å². The van der Waals surface area contributed by atoms with E-state index in [1.165, 1.54) is 0 Å². The van der Waals surface area contributed by atoms with Gasteiger partial charge < -0.3 is 5.32 Å². The summed E-state index contributed by atoms with van der Waals surface area (Å²) in [7, 11) is 0. The maximum Gasteiger partial charge on any atom is 0.522 e. The largest absolute Gasteiger partial charge is 0.522 e. The average molecular weight is 225 g/mol. The number of nitrogens with one attached hydrogen (secondary N) is 1.